The van der Waals surface area contributed by atoms with Gasteiger partial charge in [-0.2, -0.15) is 0 Å². The Kier molecular flexibility index (Phi) is 8.46. The Morgan fingerprint density at radius 1 is 1.20 bits per heavy atom. The zero-order valence-electron chi connectivity index (χ0n) is 27.1. The van der Waals surface area contributed by atoms with E-state index in [1.807, 2.05) is 12.3 Å². The molecule has 49 heavy (non-hydrogen) atoms. The van der Waals surface area contributed by atoms with Crippen molar-refractivity contribution in [1.29, 1.82) is 0 Å². The topological polar surface area (TPSA) is 216 Å². The van der Waals surface area contributed by atoms with E-state index in [1.54, 1.807) is 39.1 Å². The van der Waals surface area contributed by atoms with Gasteiger partial charge in [0.1, 0.15) is 73.1 Å². The van der Waals surface area contributed by atoms with Crippen molar-refractivity contribution in [2.75, 3.05) is 26.3 Å². The van der Waals surface area contributed by atoms with Gasteiger partial charge in [-0.25, -0.2) is 9.78 Å². The van der Waals surface area contributed by atoms with Crippen molar-refractivity contribution < 1.29 is 59.4 Å². The Hall–Kier alpha value is -4.03. The molecule has 0 aliphatic carbocycles. The zero-order chi connectivity index (χ0) is 34.8. The highest BCUT2D eigenvalue weighted by molar-refractivity contribution is 6.07. The molecule has 5 aliphatic rings. The van der Waals surface area contributed by atoms with E-state index in [9.17, 15) is 35.4 Å². The number of quaternary nitrogens is 2. The predicted molar refractivity (Wildman–Crippen MR) is 171 cm³/mol. The first-order valence-corrected chi connectivity index (χ1v) is 16.1. The van der Waals surface area contributed by atoms with Gasteiger partial charge >= 0.3 is 0 Å². The molecule has 2 aromatic rings. The molecule has 15 nitrogen and oxygen atoms in total. The van der Waals surface area contributed by atoms with Gasteiger partial charge in [-0.3, -0.25) is 19.7 Å². The van der Waals surface area contributed by atoms with Crippen LogP contribution in [0.15, 0.2) is 79.6 Å². The Morgan fingerprint density at radius 2 is 2.00 bits per heavy atom. The number of hydrogen-bond donors (Lipinski definition) is 7. The highest BCUT2D eigenvalue weighted by Gasteiger charge is 2.52. The molecule has 0 bridgehead atoms. The lowest BCUT2D eigenvalue weighted by molar-refractivity contribution is -0.920. The number of nitrogens with one attached hydrogen (secondary N) is 2. The van der Waals surface area contributed by atoms with Crippen molar-refractivity contribution in [2.45, 2.75) is 68.9 Å². The van der Waals surface area contributed by atoms with Gasteiger partial charge in [-0.05, 0) is 39.0 Å². The molecule has 0 radical (unpaired) electrons. The molecule has 0 saturated heterocycles. The second-order valence-corrected chi connectivity index (χ2v) is 13.6. The molecule has 0 saturated carbocycles. The van der Waals surface area contributed by atoms with Gasteiger partial charge < -0.3 is 44.7 Å². The van der Waals surface area contributed by atoms with Crippen LogP contribution in [0, 0.1) is 6.92 Å². The first-order valence-electron chi connectivity index (χ1n) is 16.1. The predicted octanol–water partition coefficient (Wildman–Crippen LogP) is -3.24. The molecular weight excluding hydrogens is 640 g/mol. The lowest BCUT2D eigenvalue weighted by Crippen LogP contribution is -3.17. The Bertz CT molecular complexity index is 1930. The highest BCUT2D eigenvalue weighted by Crippen LogP contribution is 2.43. The molecule has 6 heterocycles. The summed E-state index contributed by atoms with van der Waals surface area (Å²) in [6.07, 6.45) is 3.82. The van der Waals surface area contributed by atoms with Gasteiger partial charge in [0.15, 0.2) is 22.8 Å². The van der Waals surface area contributed by atoms with Gasteiger partial charge in [0.05, 0.1) is 23.4 Å². The van der Waals surface area contributed by atoms with Crippen LogP contribution in [0.25, 0.3) is 11.0 Å². The third-order valence-corrected chi connectivity index (χ3v) is 9.86. The molecule has 0 amide bonds. The number of rotatable bonds is 11. The standard InChI is InChI=1S/C34H38N4O11/c1-17-8-24(40)20-9-19-10-27(33(2,3)48-30(19)29(31(20)47-17)37-12-18-4-6-36-22(18)13-37)49-46-15-26(42)34(45,32(44)25(41)14-39)16-38-23-5-7-35-21(23)11-28(38)43/h4-9,11-12,23,25-27,32,39,41-45H,10,13-16H2,1-3H3/p+1. The number of allylic oxidation sites excluding steroid dienone is 1. The monoisotopic (exact) mass is 679 g/mol. The second kappa shape index (κ2) is 12.4. The van der Waals surface area contributed by atoms with Crippen LogP contribution >= 0.6 is 0 Å². The van der Waals surface area contributed by atoms with Gasteiger partial charge in [0.2, 0.25) is 11.3 Å². The Balaban J connectivity index is 1.13. The fourth-order valence-corrected chi connectivity index (χ4v) is 7.05. The van der Waals surface area contributed by atoms with E-state index >= 15 is 0 Å². The Labute approximate surface area is 280 Å². The van der Waals surface area contributed by atoms with Crippen LogP contribution in [-0.2, 0) is 16.2 Å². The van der Waals surface area contributed by atoms with Gasteiger partial charge in [-0.1, -0.05) is 0 Å². The smallest absolute Gasteiger partial charge is 0.222 e. The van der Waals surface area contributed by atoms with E-state index in [1.165, 1.54) is 18.3 Å². The van der Waals surface area contributed by atoms with Crippen molar-refractivity contribution in [3.8, 4) is 5.75 Å². The van der Waals surface area contributed by atoms with Crippen molar-refractivity contribution >= 4 is 28.1 Å². The van der Waals surface area contributed by atoms with E-state index < -0.39 is 67.3 Å². The molecule has 15 heteroatoms. The summed E-state index contributed by atoms with van der Waals surface area (Å²) < 4.78 is 12.7. The summed E-state index contributed by atoms with van der Waals surface area (Å²) in [5, 5.41) is 66.5. The summed E-state index contributed by atoms with van der Waals surface area (Å²) in [6, 6.07) is 2.60. The summed E-state index contributed by atoms with van der Waals surface area (Å²) in [6.45, 7) is 3.69. The molecular formula is C34H39N4O11+. The number of ether oxygens (including phenoxy) is 1. The van der Waals surface area contributed by atoms with E-state index in [0.717, 1.165) is 16.2 Å². The largest absolute Gasteiger partial charge is 0.831 e. The highest BCUT2D eigenvalue weighted by atomic mass is 17.2. The van der Waals surface area contributed by atoms with Crippen LogP contribution in [0.2, 0.25) is 0 Å². The third kappa shape index (κ3) is 5.76. The van der Waals surface area contributed by atoms with Crippen LogP contribution in [0.1, 0.15) is 25.2 Å². The lowest BCUT2D eigenvalue weighted by atomic mass is 9.86. The SMILES string of the molecule is Cc1cc(=O)c2cc3c(c([NH+]4C=C5C=CN=C5C4)c2o1)OC(C)(C)C(OOCC(O)C(O)(C[NH+]1C([O-])=CC2=NC=CC21)C(O)C(O)CO)C3. The first-order chi connectivity index (χ1) is 23.3. The minimum Gasteiger partial charge on any atom is -0.831 e. The van der Waals surface area contributed by atoms with Crippen LogP contribution in [0.3, 0.4) is 0 Å². The summed E-state index contributed by atoms with van der Waals surface area (Å²) in [5.41, 5.74) is 0.367. The number of aliphatic imine (C=N–C) groups is 2. The average Bonchev–Trinajstić information content (AvgIpc) is 3.83. The van der Waals surface area contributed by atoms with Crippen molar-refractivity contribution in [3.63, 3.8) is 0 Å². The minimum absolute atomic E-state index is 0.155. The molecule has 5 aliphatic heterocycles. The lowest BCUT2D eigenvalue weighted by Gasteiger charge is -2.41. The maximum absolute atomic E-state index is 13.2. The van der Waals surface area contributed by atoms with Gasteiger partial charge in [0.25, 0.3) is 0 Å². The third-order valence-electron chi connectivity index (χ3n) is 9.86. The molecule has 260 valence electrons. The number of fused-ring (bicyclic) bond motifs is 4. The van der Waals surface area contributed by atoms with Crippen LogP contribution in [0.5, 0.6) is 5.75 Å². The second-order valence-electron chi connectivity index (χ2n) is 13.6. The normalized spacial score (nSPS) is 27.8. The van der Waals surface area contributed by atoms with Gasteiger partial charge in [0, 0.05) is 36.5 Å². The molecule has 0 fully saturated rings. The van der Waals surface area contributed by atoms with Crippen molar-refractivity contribution in [2.24, 2.45) is 9.98 Å². The molecule has 8 unspecified atom stereocenters. The maximum atomic E-state index is 13.2. The Morgan fingerprint density at radius 3 is 2.76 bits per heavy atom. The van der Waals surface area contributed by atoms with E-state index in [4.69, 9.17) is 18.9 Å². The molecule has 0 spiro atoms. The zero-order valence-corrected chi connectivity index (χ0v) is 27.1. The van der Waals surface area contributed by atoms with Crippen molar-refractivity contribution in [1.82, 2.24) is 0 Å². The number of aliphatic hydroxyl groups is 5. The summed E-state index contributed by atoms with van der Waals surface area (Å²) in [5.74, 6) is 0.568. The van der Waals surface area contributed by atoms with Crippen molar-refractivity contribution in [3.05, 3.63) is 82.0 Å². The number of nitrogens with zero attached hydrogens (tertiary/aromatic N) is 2. The first kappa shape index (κ1) is 33.5. The molecule has 7 rings (SSSR count). The molecule has 1 aromatic heterocycles. The van der Waals surface area contributed by atoms with E-state index in [-0.39, 0.29) is 16.7 Å². The summed E-state index contributed by atoms with van der Waals surface area (Å²) in [4.78, 5) is 34.1. The molecule has 7 N–H and O–H groups in total. The van der Waals surface area contributed by atoms with E-state index in [2.05, 4.69) is 9.98 Å². The molecule has 1 aromatic carbocycles. The fraction of sp³-hybridized carbons (Fsp3) is 0.441. The number of aliphatic hydroxyl groups excluding tert-OH is 4. The van der Waals surface area contributed by atoms with Crippen LogP contribution in [0.4, 0.5) is 5.69 Å². The fourth-order valence-electron chi connectivity index (χ4n) is 7.05. The number of benzene rings is 1. The summed E-state index contributed by atoms with van der Waals surface area (Å²) >= 11 is 0. The van der Waals surface area contributed by atoms with Crippen LogP contribution < -0.4 is 25.1 Å². The van der Waals surface area contributed by atoms with E-state index in [0.29, 0.717) is 46.0 Å². The average molecular weight is 680 g/mol. The maximum Gasteiger partial charge on any atom is 0.222 e. The van der Waals surface area contributed by atoms with Crippen LogP contribution in [-0.4, -0.2) is 105 Å². The minimum atomic E-state index is -2.52. The summed E-state index contributed by atoms with van der Waals surface area (Å²) in [7, 11) is 0. The number of aryl methyl sites for hydroxylation is 1. The number of hydrogen-bond acceptors (Lipinski definition) is 13. The molecule has 8 atom stereocenters. The van der Waals surface area contributed by atoms with Gasteiger partial charge in [-0.15, -0.1) is 0 Å². The quantitative estimate of drug-likeness (QED) is 0.0926.